The lowest BCUT2D eigenvalue weighted by Crippen LogP contribution is -2.21. The molecule has 0 saturated carbocycles. The Bertz CT molecular complexity index is 509. The molecule has 0 spiro atoms. The highest BCUT2D eigenvalue weighted by Crippen LogP contribution is 2.16. The van der Waals surface area contributed by atoms with Crippen molar-refractivity contribution >= 4 is 17.6 Å². The van der Waals surface area contributed by atoms with Crippen LogP contribution in [0.3, 0.4) is 0 Å². The van der Waals surface area contributed by atoms with Crippen molar-refractivity contribution in [2.24, 2.45) is 4.99 Å². The van der Waals surface area contributed by atoms with E-state index in [1.54, 1.807) is 0 Å². The SMILES string of the molecule is COC(=O)[C@H]1COC(c2ccc([N+](=O)[O-])cc2)=N1. The average Bonchev–Trinajstić information content (AvgIpc) is 2.87. The lowest BCUT2D eigenvalue weighted by Gasteiger charge is -2.00. The van der Waals surface area contributed by atoms with Crippen molar-refractivity contribution in [3.63, 3.8) is 0 Å². The Balaban J connectivity index is 2.18. The molecule has 94 valence electrons. The first-order chi connectivity index (χ1) is 8.61. The number of hydrogen-bond acceptors (Lipinski definition) is 6. The molecule has 0 fully saturated rings. The maximum Gasteiger partial charge on any atom is 0.334 e. The van der Waals surface area contributed by atoms with E-state index in [-0.39, 0.29) is 12.3 Å². The number of ether oxygens (including phenoxy) is 2. The minimum Gasteiger partial charge on any atom is -0.475 e. The quantitative estimate of drug-likeness (QED) is 0.451. The first kappa shape index (κ1) is 12.0. The second-order valence-corrected chi connectivity index (χ2v) is 3.59. The van der Waals surface area contributed by atoms with Gasteiger partial charge in [-0.3, -0.25) is 10.1 Å². The van der Waals surface area contributed by atoms with E-state index < -0.39 is 16.9 Å². The number of rotatable bonds is 3. The summed E-state index contributed by atoms with van der Waals surface area (Å²) >= 11 is 0. The molecular weight excluding hydrogens is 240 g/mol. The van der Waals surface area contributed by atoms with Gasteiger partial charge in [-0.05, 0) is 12.1 Å². The Labute approximate surface area is 102 Å². The summed E-state index contributed by atoms with van der Waals surface area (Å²) in [5, 5.41) is 10.5. The van der Waals surface area contributed by atoms with Crippen molar-refractivity contribution in [2.75, 3.05) is 13.7 Å². The molecule has 18 heavy (non-hydrogen) atoms. The van der Waals surface area contributed by atoms with Crippen LogP contribution in [0.15, 0.2) is 29.3 Å². The zero-order chi connectivity index (χ0) is 13.1. The van der Waals surface area contributed by atoms with Gasteiger partial charge in [0.15, 0.2) is 6.04 Å². The van der Waals surface area contributed by atoms with E-state index in [0.29, 0.717) is 11.5 Å². The first-order valence-corrected chi connectivity index (χ1v) is 5.15. The number of nitro groups is 1. The summed E-state index contributed by atoms with van der Waals surface area (Å²) in [5.41, 5.74) is 0.578. The molecule has 1 atom stereocenters. The van der Waals surface area contributed by atoms with Gasteiger partial charge in [-0.1, -0.05) is 0 Å². The second-order valence-electron chi connectivity index (χ2n) is 3.59. The molecule has 0 radical (unpaired) electrons. The molecule has 0 amide bonds. The number of non-ortho nitro benzene ring substituents is 1. The van der Waals surface area contributed by atoms with Crippen molar-refractivity contribution in [1.29, 1.82) is 0 Å². The van der Waals surface area contributed by atoms with Crippen LogP contribution in [0.25, 0.3) is 0 Å². The lowest BCUT2D eigenvalue weighted by molar-refractivity contribution is -0.384. The number of esters is 1. The topological polar surface area (TPSA) is 91.0 Å². The standard InChI is InChI=1S/C11H10N2O5/c1-17-11(14)9-6-18-10(12-9)7-2-4-8(5-3-7)13(15)16/h2-5,9H,6H2,1H3/t9-/m1/s1. The Morgan fingerprint density at radius 3 is 2.72 bits per heavy atom. The molecule has 7 nitrogen and oxygen atoms in total. The predicted octanol–water partition coefficient (Wildman–Crippen LogP) is 0.913. The van der Waals surface area contributed by atoms with Gasteiger partial charge < -0.3 is 9.47 Å². The third-order valence-corrected chi connectivity index (χ3v) is 2.45. The highest BCUT2D eigenvalue weighted by molar-refractivity contribution is 5.97. The Morgan fingerprint density at radius 1 is 1.50 bits per heavy atom. The largest absolute Gasteiger partial charge is 0.475 e. The minimum absolute atomic E-state index is 0.0122. The molecule has 1 aromatic rings. The summed E-state index contributed by atoms with van der Waals surface area (Å²) in [5.74, 6) is -0.174. The molecular formula is C11H10N2O5. The molecule has 0 saturated heterocycles. The van der Waals surface area contributed by atoms with Crippen LogP contribution >= 0.6 is 0 Å². The molecule has 0 aromatic heterocycles. The molecule has 0 aliphatic carbocycles. The number of carbonyl (C=O) groups excluding carboxylic acids is 1. The normalized spacial score (nSPS) is 17.8. The van der Waals surface area contributed by atoms with Gasteiger partial charge in [0.2, 0.25) is 5.90 Å². The fourth-order valence-corrected chi connectivity index (χ4v) is 1.51. The number of carbonyl (C=O) groups is 1. The summed E-state index contributed by atoms with van der Waals surface area (Å²) < 4.78 is 9.81. The van der Waals surface area contributed by atoms with E-state index in [0.717, 1.165) is 0 Å². The van der Waals surface area contributed by atoms with Crippen LogP contribution in [0.2, 0.25) is 0 Å². The molecule has 0 N–H and O–H groups in total. The number of nitro benzene ring substituents is 1. The maximum absolute atomic E-state index is 11.2. The van der Waals surface area contributed by atoms with Gasteiger partial charge >= 0.3 is 5.97 Å². The second kappa shape index (κ2) is 4.82. The maximum atomic E-state index is 11.2. The van der Waals surface area contributed by atoms with Gasteiger partial charge in [0.1, 0.15) is 6.61 Å². The minimum atomic E-state index is -0.666. The third kappa shape index (κ3) is 2.29. The molecule has 2 rings (SSSR count). The van der Waals surface area contributed by atoms with E-state index in [2.05, 4.69) is 9.73 Å². The van der Waals surface area contributed by atoms with Crippen LogP contribution in [0, 0.1) is 10.1 Å². The predicted molar refractivity (Wildman–Crippen MR) is 61.4 cm³/mol. The third-order valence-electron chi connectivity index (χ3n) is 2.45. The summed E-state index contributed by atoms with van der Waals surface area (Å²) in [6, 6.07) is 5.09. The summed E-state index contributed by atoms with van der Waals surface area (Å²) in [4.78, 5) is 25.3. The molecule has 0 unspecified atom stereocenters. The van der Waals surface area contributed by atoms with Crippen molar-refractivity contribution in [3.8, 4) is 0 Å². The van der Waals surface area contributed by atoms with E-state index in [4.69, 9.17) is 4.74 Å². The Kier molecular flexibility index (Phi) is 3.22. The van der Waals surface area contributed by atoms with E-state index in [1.807, 2.05) is 0 Å². The number of benzene rings is 1. The van der Waals surface area contributed by atoms with Gasteiger partial charge in [-0.2, -0.15) is 0 Å². The molecule has 1 aliphatic rings. The highest BCUT2D eigenvalue weighted by Gasteiger charge is 2.27. The van der Waals surface area contributed by atoms with Crippen molar-refractivity contribution in [1.82, 2.24) is 0 Å². The zero-order valence-corrected chi connectivity index (χ0v) is 9.53. The van der Waals surface area contributed by atoms with Gasteiger partial charge in [0, 0.05) is 17.7 Å². The fourth-order valence-electron chi connectivity index (χ4n) is 1.51. The lowest BCUT2D eigenvalue weighted by atomic mass is 10.2. The van der Waals surface area contributed by atoms with Gasteiger partial charge in [-0.25, -0.2) is 9.79 Å². The fraction of sp³-hybridized carbons (Fsp3) is 0.273. The molecule has 1 heterocycles. The molecule has 1 aliphatic heterocycles. The summed E-state index contributed by atoms with van der Waals surface area (Å²) in [6.07, 6.45) is 0. The molecule has 1 aromatic carbocycles. The van der Waals surface area contributed by atoms with Crippen LogP contribution in [0.5, 0.6) is 0 Å². The van der Waals surface area contributed by atoms with E-state index >= 15 is 0 Å². The van der Waals surface area contributed by atoms with Crippen LogP contribution in [0.1, 0.15) is 5.56 Å². The summed E-state index contributed by atoms with van der Waals surface area (Å²) in [6.45, 7) is 0.124. The molecule has 0 bridgehead atoms. The summed E-state index contributed by atoms with van der Waals surface area (Å²) in [7, 11) is 1.28. The molecule has 7 heteroatoms. The van der Waals surface area contributed by atoms with Crippen molar-refractivity contribution in [2.45, 2.75) is 6.04 Å². The number of aliphatic imine (C=N–C) groups is 1. The van der Waals surface area contributed by atoms with Gasteiger partial charge in [-0.15, -0.1) is 0 Å². The van der Waals surface area contributed by atoms with E-state index in [9.17, 15) is 14.9 Å². The van der Waals surface area contributed by atoms with Crippen LogP contribution in [0.4, 0.5) is 5.69 Å². The zero-order valence-electron chi connectivity index (χ0n) is 9.53. The Hall–Kier alpha value is -2.44. The average molecular weight is 250 g/mol. The van der Waals surface area contributed by atoms with Crippen molar-refractivity contribution in [3.05, 3.63) is 39.9 Å². The monoisotopic (exact) mass is 250 g/mol. The van der Waals surface area contributed by atoms with Crippen LogP contribution < -0.4 is 0 Å². The number of hydrogen-bond donors (Lipinski definition) is 0. The first-order valence-electron chi connectivity index (χ1n) is 5.15. The Morgan fingerprint density at radius 2 is 2.17 bits per heavy atom. The van der Waals surface area contributed by atoms with Crippen LogP contribution in [-0.4, -0.2) is 36.5 Å². The van der Waals surface area contributed by atoms with Crippen LogP contribution in [-0.2, 0) is 14.3 Å². The number of methoxy groups -OCH3 is 1. The highest BCUT2D eigenvalue weighted by atomic mass is 16.6. The van der Waals surface area contributed by atoms with Crippen molar-refractivity contribution < 1.29 is 19.2 Å². The number of nitrogens with zero attached hydrogens (tertiary/aromatic N) is 2. The van der Waals surface area contributed by atoms with Gasteiger partial charge in [0.05, 0.1) is 12.0 Å². The van der Waals surface area contributed by atoms with Gasteiger partial charge in [0.25, 0.3) is 5.69 Å². The smallest absolute Gasteiger partial charge is 0.334 e. The van der Waals surface area contributed by atoms with E-state index in [1.165, 1.54) is 31.4 Å².